The molecule has 4 N–H and O–H groups in total. The summed E-state index contributed by atoms with van der Waals surface area (Å²) < 4.78 is 0. The Balaban J connectivity index is 2.78. The number of hydrogen-bond donors (Lipinski definition) is 3. The van der Waals surface area contributed by atoms with Crippen molar-refractivity contribution in [3.05, 3.63) is 23.3 Å². The lowest BCUT2D eigenvalue weighted by molar-refractivity contribution is 0.0880. The molecule has 13 heavy (non-hydrogen) atoms. The van der Waals surface area contributed by atoms with Gasteiger partial charge in [-0.05, 0) is 12.1 Å². The molecule has 1 aromatic rings. The lowest BCUT2D eigenvalue weighted by Crippen LogP contribution is -2.20. The molecule has 5 heteroatoms. The number of nitrogens with one attached hydrogen (secondary N) is 1. The summed E-state index contributed by atoms with van der Waals surface area (Å²) in [4.78, 5) is 22.2. The van der Waals surface area contributed by atoms with Gasteiger partial charge in [-0.2, -0.15) is 0 Å². The number of hydrogen-bond acceptors (Lipinski definition) is 4. The summed E-state index contributed by atoms with van der Waals surface area (Å²) in [6.07, 6.45) is 0. The number of phenolic OH excluding ortho intramolecular Hbond substituents is 1. The molecule has 66 valence electrons. The normalized spacial score (nSPS) is 14.2. The zero-order valence-electron chi connectivity index (χ0n) is 6.50. The number of nitrogens with two attached hydrogens (primary N) is 1. The number of nitrogen functional groups attached to an aromatic ring is 1. The first kappa shape index (κ1) is 7.60. The van der Waals surface area contributed by atoms with Gasteiger partial charge in [-0.3, -0.25) is 14.9 Å². The summed E-state index contributed by atoms with van der Waals surface area (Å²) in [7, 11) is 0. The van der Waals surface area contributed by atoms with Gasteiger partial charge in [0.25, 0.3) is 11.8 Å². The smallest absolute Gasteiger partial charge is 0.261 e. The van der Waals surface area contributed by atoms with Crippen LogP contribution in [0.5, 0.6) is 5.75 Å². The summed E-state index contributed by atoms with van der Waals surface area (Å²) >= 11 is 0. The van der Waals surface area contributed by atoms with Crippen LogP contribution >= 0.6 is 0 Å². The van der Waals surface area contributed by atoms with Crippen molar-refractivity contribution in [3.63, 3.8) is 0 Å². The van der Waals surface area contributed by atoms with Crippen LogP contribution in [0.3, 0.4) is 0 Å². The first-order valence-corrected chi connectivity index (χ1v) is 3.58. The van der Waals surface area contributed by atoms with E-state index in [-0.39, 0.29) is 22.6 Å². The van der Waals surface area contributed by atoms with Gasteiger partial charge >= 0.3 is 0 Å². The molecule has 1 aliphatic rings. The van der Waals surface area contributed by atoms with Gasteiger partial charge in [-0.1, -0.05) is 0 Å². The number of fused-ring (bicyclic) bond motifs is 1. The van der Waals surface area contributed by atoms with Crippen molar-refractivity contribution in [2.24, 2.45) is 0 Å². The highest BCUT2D eigenvalue weighted by molar-refractivity contribution is 6.24. The fourth-order valence-electron chi connectivity index (χ4n) is 1.28. The predicted molar refractivity (Wildman–Crippen MR) is 44.3 cm³/mol. The zero-order chi connectivity index (χ0) is 9.59. The molecule has 5 nitrogen and oxygen atoms in total. The van der Waals surface area contributed by atoms with Gasteiger partial charge in [0.2, 0.25) is 0 Å². The van der Waals surface area contributed by atoms with Crippen molar-refractivity contribution >= 4 is 17.5 Å². The van der Waals surface area contributed by atoms with Crippen molar-refractivity contribution < 1.29 is 14.7 Å². The van der Waals surface area contributed by atoms with E-state index in [0.717, 1.165) is 0 Å². The third-order valence-corrected chi connectivity index (χ3v) is 1.92. The second kappa shape index (κ2) is 2.22. The molecule has 2 amide bonds. The summed E-state index contributed by atoms with van der Waals surface area (Å²) in [6.45, 7) is 0. The first-order chi connectivity index (χ1) is 6.11. The number of amides is 2. The highest BCUT2D eigenvalue weighted by Crippen LogP contribution is 2.29. The summed E-state index contributed by atoms with van der Waals surface area (Å²) in [5, 5.41) is 11.3. The molecular weight excluding hydrogens is 172 g/mol. The van der Waals surface area contributed by atoms with Crippen molar-refractivity contribution in [2.75, 3.05) is 5.73 Å². The number of phenols is 1. The maximum absolute atomic E-state index is 11.1. The lowest BCUT2D eigenvalue weighted by atomic mass is 10.1. The standard InChI is InChI=1S/C8H6N2O3/c9-6-4(11)2-1-3-5(6)8(13)10-7(3)12/h1-2,11H,9H2,(H,10,12,13). The predicted octanol–water partition coefficient (Wildman–Crippen LogP) is -0.142. The minimum absolute atomic E-state index is 0.0548. The van der Waals surface area contributed by atoms with Crippen LogP contribution < -0.4 is 11.1 Å². The van der Waals surface area contributed by atoms with Crippen molar-refractivity contribution in [1.29, 1.82) is 0 Å². The Hall–Kier alpha value is -2.04. The minimum atomic E-state index is -0.562. The molecule has 0 spiro atoms. The fraction of sp³-hybridized carbons (Fsp3) is 0. The first-order valence-electron chi connectivity index (χ1n) is 3.58. The SMILES string of the molecule is Nc1c(O)ccc2c1C(=O)NC2=O. The van der Waals surface area contributed by atoms with Gasteiger partial charge in [-0.15, -0.1) is 0 Å². The fourth-order valence-corrected chi connectivity index (χ4v) is 1.28. The van der Waals surface area contributed by atoms with E-state index in [2.05, 4.69) is 5.32 Å². The number of benzene rings is 1. The van der Waals surface area contributed by atoms with Crippen molar-refractivity contribution in [1.82, 2.24) is 5.32 Å². The number of aromatic hydroxyl groups is 1. The van der Waals surface area contributed by atoms with E-state index in [0.29, 0.717) is 0 Å². The topological polar surface area (TPSA) is 92.4 Å². The highest BCUT2D eigenvalue weighted by atomic mass is 16.3. The van der Waals surface area contributed by atoms with E-state index in [9.17, 15) is 14.7 Å². The summed E-state index contributed by atoms with van der Waals surface area (Å²) in [5.41, 5.74) is 5.64. The monoisotopic (exact) mass is 178 g/mol. The average Bonchev–Trinajstić information content (AvgIpc) is 2.35. The molecule has 0 aromatic heterocycles. The van der Waals surface area contributed by atoms with Crippen LogP contribution in [0.15, 0.2) is 12.1 Å². The van der Waals surface area contributed by atoms with Gasteiger partial charge < -0.3 is 10.8 Å². The Morgan fingerprint density at radius 2 is 1.92 bits per heavy atom. The molecule has 0 saturated carbocycles. The molecule has 0 radical (unpaired) electrons. The van der Waals surface area contributed by atoms with Crippen LogP contribution in [0.2, 0.25) is 0 Å². The molecular formula is C8H6N2O3. The van der Waals surface area contributed by atoms with E-state index >= 15 is 0 Å². The second-order valence-corrected chi connectivity index (χ2v) is 2.70. The average molecular weight is 178 g/mol. The van der Waals surface area contributed by atoms with E-state index in [1.165, 1.54) is 12.1 Å². The lowest BCUT2D eigenvalue weighted by Gasteiger charge is -2.01. The quantitative estimate of drug-likeness (QED) is 0.293. The molecule has 0 fully saturated rings. The largest absolute Gasteiger partial charge is 0.506 e. The van der Waals surface area contributed by atoms with Gasteiger partial charge in [0.15, 0.2) is 0 Å². The van der Waals surface area contributed by atoms with Crippen LogP contribution in [-0.4, -0.2) is 16.9 Å². The maximum atomic E-state index is 11.1. The highest BCUT2D eigenvalue weighted by Gasteiger charge is 2.29. The molecule has 0 bridgehead atoms. The Morgan fingerprint density at radius 1 is 1.23 bits per heavy atom. The Labute approximate surface area is 73.2 Å². The second-order valence-electron chi connectivity index (χ2n) is 2.70. The maximum Gasteiger partial charge on any atom is 0.261 e. The van der Waals surface area contributed by atoms with Crippen LogP contribution in [-0.2, 0) is 0 Å². The molecule has 0 unspecified atom stereocenters. The number of rotatable bonds is 0. The van der Waals surface area contributed by atoms with Gasteiger partial charge in [-0.25, -0.2) is 0 Å². The summed E-state index contributed by atoms with van der Waals surface area (Å²) in [6, 6.07) is 2.65. The van der Waals surface area contributed by atoms with Crippen molar-refractivity contribution in [3.8, 4) is 5.75 Å². The van der Waals surface area contributed by atoms with Crippen LogP contribution in [0, 0.1) is 0 Å². The zero-order valence-corrected chi connectivity index (χ0v) is 6.50. The van der Waals surface area contributed by atoms with E-state index < -0.39 is 11.8 Å². The number of carbonyl (C=O) groups excluding carboxylic acids is 2. The van der Waals surface area contributed by atoms with Gasteiger partial charge in [0.1, 0.15) is 5.75 Å². The molecule has 2 rings (SSSR count). The Morgan fingerprint density at radius 3 is 2.62 bits per heavy atom. The molecule has 0 saturated heterocycles. The van der Waals surface area contributed by atoms with Gasteiger partial charge in [0, 0.05) is 0 Å². The molecule has 1 aromatic carbocycles. The van der Waals surface area contributed by atoms with Gasteiger partial charge in [0.05, 0.1) is 16.8 Å². The number of carbonyl (C=O) groups is 2. The number of imide groups is 1. The Bertz CT molecular complexity index is 426. The van der Waals surface area contributed by atoms with Crippen molar-refractivity contribution in [2.45, 2.75) is 0 Å². The van der Waals surface area contributed by atoms with Crippen LogP contribution in [0.1, 0.15) is 20.7 Å². The third-order valence-electron chi connectivity index (χ3n) is 1.92. The summed E-state index contributed by atoms with van der Waals surface area (Å²) in [5.74, 6) is -1.23. The Kier molecular flexibility index (Phi) is 1.30. The van der Waals surface area contributed by atoms with E-state index in [4.69, 9.17) is 5.73 Å². The molecule has 1 aliphatic heterocycles. The third kappa shape index (κ3) is 0.868. The molecule has 0 atom stereocenters. The van der Waals surface area contributed by atoms with Crippen LogP contribution in [0.25, 0.3) is 0 Å². The molecule has 1 heterocycles. The van der Waals surface area contributed by atoms with E-state index in [1.54, 1.807) is 0 Å². The minimum Gasteiger partial charge on any atom is -0.506 e. The van der Waals surface area contributed by atoms with Crippen LogP contribution in [0.4, 0.5) is 5.69 Å². The number of anilines is 1. The van der Waals surface area contributed by atoms with E-state index in [1.807, 2.05) is 0 Å². The molecule has 0 aliphatic carbocycles.